The molecule has 4 nitrogen and oxygen atoms in total. The van der Waals surface area contributed by atoms with Crippen LogP contribution < -0.4 is 9.80 Å². The molecule has 2 aromatic carbocycles. The molecule has 0 radical (unpaired) electrons. The predicted octanol–water partition coefficient (Wildman–Crippen LogP) is 3.62. The number of carbonyl (C=O) groups is 1. The first-order chi connectivity index (χ1) is 13.4. The Labute approximate surface area is 169 Å². The van der Waals surface area contributed by atoms with Crippen LogP contribution in [0.15, 0.2) is 36.4 Å². The smallest absolute Gasteiger partial charge is 0.263 e. The van der Waals surface area contributed by atoms with E-state index in [-0.39, 0.29) is 11.5 Å². The first kappa shape index (κ1) is 20.4. The lowest BCUT2D eigenvalue weighted by molar-refractivity contribution is -0.894. The highest BCUT2D eigenvalue weighted by Gasteiger charge is 2.25. The lowest BCUT2D eigenvalue weighted by Crippen LogP contribution is -3.12. The second-order valence-electron chi connectivity index (χ2n) is 7.07. The van der Waals surface area contributed by atoms with Crippen molar-refractivity contribution in [2.45, 2.75) is 27.7 Å². The molecule has 28 heavy (non-hydrogen) atoms. The summed E-state index contributed by atoms with van der Waals surface area (Å²) in [6.07, 6.45) is 0. The van der Waals surface area contributed by atoms with Crippen LogP contribution in [0, 0.1) is 19.7 Å². The van der Waals surface area contributed by atoms with Gasteiger partial charge in [0.2, 0.25) is 0 Å². The third-order valence-electron chi connectivity index (χ3n) is 5.08. The molecule has 0 spiro atoms. The number of amides is 1. The fraction of sp³-hybridized carbons (Fsp3) is 0.364. The SMILES string of the molecule is CC[NH+](CC)CCN(C(=O)c1ccccc1F)c1nc2cc(C)cc(C)c2s1. The van der Waals surface area contributed by atoms with Gasteiger partial charge in [-0.1, -0.05) is 29.5 Å². The zero-order valence-electron chi connectivity index (χ0n) is 16.9. The molecule has 0 bridgehead atoms. The van der Waals surface area contributed by atoms with E-state index in [4.69, 9.17) is 4.98 Å². The summed E-state index contributed by atoms with van der Waals surface area (Å²) in [5.74, 6) is -0.834. The third-order valence-corrected chi connectivity index (χ3v) is 6.31. The molecule has 148 valence electrons. The topological polar surface area (TPSA) is 37.6 Å². The van der Waals surface area contributed by atoms with Crippen LogP contribution in [0.3, 0.4) is 0 Å². The van der Waals surface area contributed by atoms with Crippen LogP contribution in [0.2, 0.25) is 0 Å². The molecule has 6 heteroatoms. The average Bonchev–Trinajstić information content (AvgIpc) is 3.09. The number of carbonyl (C=O) groups excluding carboxylic acids is 1. The minimum Gasteiger partial charge on any atom is -0.334 e. The fourth-order valence-electron chi connectivity index (χ4n) is 3.42. The van der Waals surface area contributed by atoms with Crippen molar-refractivity contribution >= 4 is 32.6 Å². The Morgan fingerprint density at radius 1 is 1.18 bits per heavy atom. The summed E-state index contributed by atoms with van der Waals surface area (Å²) in [4.78, 5) is 21.0. The van der Waals surface area contributed by atoms with Crippen LogP contribution in [0.5, 0.6) is 0 Å². The summed E-state index contributed by atoms with van der Waals surface area (Å²) in [5, 5.41) is 0.628. The van der Waals surface area contributed by atoms with Crippen molar-refractivity contribution in [1.29, 1.82) is 0 Å². The molecule has 1 amide bonds. The fourth-order valence-corrected chi connectivity index (χ4v) is 4.46. The Morgan fingerprint density at radius 3 is 2.57 bits per heavy atom. The maximum absolute atomic E-state index is 14.3. The van der Waals surface area contributed by atoms with Crippen molar-refractivity contribution in [3.05, 3.63) is 58.9 Å². The number of hydrogen-bond donors (Lipinski definition) is 1. The Bertz CT molecular complexity index is 981. The van der Waals surface area contributed by atoms with E-state index in [1.807, 2.05) is 13.0 Å². The zero-order chi connectivity index (χ0) is 20.3. The largest absolute Gasteiger partial charge is 0.334 e. The van der Waals surface area contributed by atoms with Crippen molar-refractivity contribution in [2.24, 2.45) is 0 Å². The van der Waals surface area contributed by atoms with Crippen molar-refractivity contribution in [2.75, 3.05) is 31.1 Å². The molecule has 1 N–H and O–H groups in total. The second kappa shape index (κ2) is 8.80. The lowest BCUT2D eigenvalue weighted by Gasteiger charge is -2.23. The molecule has 0 saturated heterocycles. The number of nitrogens with one attached hydrogen (secondary N) is 1. The third kappa shape index (κ3) is 4.23. The Balaban J connectivity index is 2.02. The van der Waals surface area contributed by atoms with E-state index in [0.717, 1.165) is 41.0 Å². The molecule has 3 rings (SSSR count). The number of hydrogen-bond acceptors (Lipinski definition) is 3. The molecule has 0 atom stereocenters. The quantitative estimate of drug-likeness (QED) is 0.658. The molecular weight excluding hydrogens is 373 g/mol. The first-order valence-corrected chi connectivity index (χ1v) is 10.5. The summed E-state index contributed by atoms with van der Waals surface area (Å²) in [5.41, 5.74) is 3.26. The van der Waals surface area contributed by atoms with E-state index in [9.17, 15) is 9.18 Å². The van der Waals surface area contributed by atoms with E-state index in [1.165, 1.54) is 28.4 Å². The van der Waals surface area contributed by atoms with Gasteiger partial charge in [0, 0.05) is 0 Å². The Kier molecular flexibility index (Phi) is 6.42. The Morgan fingerprint density at radius 2 is 1.89 bits per heavy atom. The van der Waals surface area contributed by atoms with Crippen LogP contribution in [-0.4, -0.2) is 37.1 Å². The second-order valence-corrected chi connectivity index (χ2v) is 8.05. The van der Waals surface area contributed by atoms with Crippen molar-refractivity contribution in [3.63, 3.8) is 0 Å². The summed E-state index contributed by atoms with van der Waals surface area (Å²) in [7, 11) is 0. The lowest BCUT2D eigenvalue weighted by atomic mass is 10.1. The van der Waals surface area contributed by atoms with Gasteiger partial charge in [-0.2, -0.15) is 0 Å². The van der Waals surface area contributed by atoms with Gasteiger partial charge in [0.15, 0.2) is 5.13 Å². The monoisotopic (exact) mass is 400 g/mol. The molecule has 0 unspecified atom stereocenters. The van der Waals surface area contributed by atoms with Crippen molar-refractivity contribution in [3.8, 4) is 0 Å². The maximum Gasteiger partial charge on any atom is 0.263 e. The van der Waals surface area contributed by atoms with Gasteiger partial charge in [0.25, 0.3) is 5.91 Å². The van der Waals surface area contributed by atoms with Crippen molar-refractivity contribution in [1.82, 2.24) is 4.98 Å². The van der Waals surface area contributed by atoms with Crippen LogP contribution in [-0.2, 0) is 0 Å². The molecule has 0 saturated carbocycles. The number of aryl methyl sites for hydroxylation is 2. The highest BCUT2D eigenvalue weighted by atomic mass is 32.1. The van der Waals surface area contributed by atoms with Gasteiger partial charge in [0.1, 0.15) is 5.82 Å². The Hall–Kier alpha value is -2.31. The van der Waals surface area contributed by atoms with Gasteiger partial charge in [-0.05, 0) is 57.0 Å². The number of anilines is 1. The number of halogens is 1. The molecule has 3 aromatic rings. The summed E-state index contributed by atoms with van der Waals surface area (Å²) in [6, 6.07) is 10.3. The summed E-state index contributed by atoms with van der Waals surface area (Å²) in [6.45, 7) is 11.6. The molecule has 0 aliphatic rings. The number of likely N-dealkylation sites (N-methyl/N-ethyl adjacent to an activating group) is 1. The molecule has 0 aliphatic heterocycles. The van der Waals surface area contributed by atoms with Crippen LogP contribution >= 0.6 is 11.3 Å². The zero-order valence-corrected chi connectivity index (χ0v) is 17.7. The molecule has 1 heterocycles. The number of fused-ring (bicyclic) bond motifs is 1. The maximum atomic E-state index is 14.3. The highest BCUT2D eigenvalue weighted by Crippen LogP contribution is 2.32. The number of nitrogens with zero attached hydrogens (tertiary/aromatic N) is 2. The minimum absolute atomic E-state index is 0.0872. The average molecular weight is 401 g/mol. The van der Waals surface area contributed by atoms with E-state index >= 15 is 0 Å². The number of thiazole rings is 1. The van der Waals surface area contributed by atoms with Gasteiger partial charge < -0.3 is 4.90 Å². The van der Waals surface area contributed by atoms with Gasteiger partial charge in [-0.3, -0.25) is 9.69 Å². The molecular formula is C22H27FN3OS+. The van der Waals surface area contributed by atoms with Gasteiger partial charge in [-0.15, -0.1) is 0 Å². The van der Waals surface area contributed by atoms with Crippen LogP contribution in [0.1, 0.15) is 35.3 Å². The van der Waals surface area contributed by atoms with Gasteiger partial charge in [-0.25, -0.2) is 9.37 Å². The van der Waals surface area contributed by atoms with Crippen LogP contribution in [0.4, 0.5) is 9.52 Å². The number of aromatic nitrogens is 1. The minimum atomic E-state index is -0.499. The van der Waals surface area contributed by atoms with Crippen LogP contribution in [0.25, 0.3) is 10.2 Å². The summed E-state index contributed by atoms with van der Waals surface area (Å²) < 4.78 is 15.4. The van der Waals surface area contributed by atoms with Gasteiger partial charge >= 0.3 is 0 Å². The predicted molar refractivity (Wildman–Crippen MR) is 114 cm³/mol. The highest BCUT2D eigenvalue weighted by molar-refractivity contribution is 7.22. The normalized spacial score (nSPS) is 11.4. The molecule has 1 aromatic heterocycles. The van der Waals surface area contributed by atoms with E-state index < -0.39 is 5.82 Å². The van der Waals surface area contributed by atoms with E-state index in [0.29, 0.717) is 11.7 Å². The van der Waals surface area contributed by atoms with Crippen molar-refractivity contribution < 1.29 is 14.1 Å². The first-order valence-electron chi connectivity index (χ1n) is 9.72. The molecule has 0 fully saturated rings. The number of rotatable bonds is 7. The van der Waals surface area contributed by atoms with Gasteiger partial charge in [0.05, 0.1) is 42.0 Å². The van der Waals surface area contributed by atoms with E-state index in [2.05, 4.69) is 26.8 Å². The van der Waals surface area contributed by atoms with E-state index in [1.54, 1.807) is 17.0 Å². The summed E-state index contributed by atoms with van der Waals surface area (Å²) >= 11 is 1.50. The molecule has 0 aliphatic carbocycles. The number of benzene rings is 2. The number of quaternary nitrogens is 1. The standard InChI is InChI=1S/C22H26FN3OS/c1-5-25(6-2)11-12-26(21(27)17-9-7-8-10-18(17)23)22-24-19-14-15(3)13-16(4)20(19)28-22/h7-10,13-14H,5-6,11-12H2,1-4H3/p+1.